The maximum absolute atomic E-state index is 12.6. The molecule has 2 aromatic rings. The zero-order valence-corrected chi connectivity index (χ0v) is 13.1. The van der Waals surface area contributed by atoms with Crippen molar-refractivity contribution in [3.63, 3.8) is 0 Å². The molecule has 1 aliphatic heterocycles. The van der Waals surface area contributed by atoms with Crippen molar-refractivity contribution in [2.75, 3.05) is 12.4 Å². The lowest BCUT2D eigenvalue weighted by atomic mass is 10.1. The van der Waals surface area contributed by atoms with Crippen LogP contribution in [-0.2, 0) is 21.4 Å². The minimum absolute atomic E-state index is 0.0143. The summed E-state index contributed by atoms with van der Waals surface area (Å²) < 4.78 is 26.5. The van der Waals surface area contributed by atoms with Crippen LogP contribution in [0.4, 0.5) is 5.69 Å². The molecule has 0 saturated heterocycles. The summed E-state index contributed by atoms with van der Waals surface area (Å²) in [6.45, 7) is 0.214. The number of nitrogens with zero attached hydrogens (tertiary/aromatic N) is 1. The van der Waals surface area contributed by atoms with E-state index in [1.165, 1.54) is 29.6 Å². The number of fused-ring (bicyclic) bond motifs is 1. The van der Waals surface area contributed by atoms with E-state index in [-0.39, 0.29) is 17.0 Å². The third-order valence-electron chi connectivity index (χ3n) is 3.65. The van der Waals surface area contributed by atoms with Gasteiger partial charge in [-0.05, 0) is 23.8 Å². The number of sulfonamides is 1. The smallest absolute Gasteiger partial charge is 0.296 e. The summed E-state index contributed by atoms with van der Waals surface area (Å²) in [5.41, 5.74) is 1.28. The first-order valence-corrected chi connectivity index (χ1v) is 8.33. The summed E-state index contributed by atoms with van der Waals surface area (Å²) in [6.07, 6.45) is 0. The molecule has 0 aliphatic carbocycles. The second-order valence-electron chi connectivity index (χ2n) is 5.24. The van der Waals surface area contributed by atoms with Gasteiger partial charge in [-0.2, -0.15) is 4.31 Å². The number of Topliss-reactive ketones (excluding diaryl/α,β-unsaturated/α-hetero) is 1. The quantitative estimate of drug-likeness (QED) is 0.864. The highest BCUT2D eigenvalue weighted by molar-refractivity contribution is 7.89. The molecule has 0 bridgehead atoms. The topological polar surface area (TPSA) is 83.6 Å². The summed E-state index contributed by atoms with van der Waals surface area (Å²) in [5.74, 6) is -1.46. The molecule has 23 heavy (non-hydrogen) atoms. The van der Waals surface area contributed by atoms with Gasteiger partial charge in [0.25, 0.3) is 11.7 Å². The normalized spacial score (nSPS) is 14.0. The number of nitrogens with one attached hydrogen (secondary N) is 1. The minimum Gasteiger partial charge on any atom is -0.318 e. The molecule has 7 heteroatoms. The van der Waals surface area contributed by atoms with Crippen molar-refractivity contribution in [1.82, 2.24) is 4.31 Å². The van der Waals surface area contributed by atoms with Crippen molar-refractivity contribution in [3.8, 4) is 0 Å². The van der Waals surface area contributed by atoms with Crippen molar-refractivity contribution in [2.45, 2.75) is 11.4 Å². The maximum Gasteiger partial charge on any atom is 0.296 e. The second kappa shape index (κ2) is 5.60. The molecule has 118 valence electrons. The predicted molar refractivity (Wildman–Crippen MR) is 84.5 cm³/mol. The van der Waals surface area contributed by atoms with E-state index in [9.17, 15) is 18.0 Å². The van der Waals surface area contributed by atoms with Crippen LogP contribution in [0.15, 0.2) is 53.4 Å². The summed E-state index contributed by atoms with van der Waals surface area (Å²) in [6, 6.07) is 13.3. The van der Waals surface area contributed by atoms with Crippen molar-refractivity contribution in [3.05, 3.63) is 59.7 Å². The SMILES string of the molecule is CN(Cc1ccccc1)S(=O)(=O)c1ccc2c(c1)C(=O)C(=O)N2. The number of rotatable bonds is 4. The molecule has 1 heterocycles. The number of hydrogen-bond acceptors (Lipinski definition) is 4. The van der Waals surface area contributed by atoms with Crippen LogP contribution in [0.25, 0.3) is 0 Å². The molecule has 0 aromatic heterocycles. The third kappa shape index (κ3) is 2.76. The first-order valence-electron chi connectivity index (χ1n) is 6.89. The Morgan fingerprint density at radius 1 is 1.04 bits per heavy atom. The summed E-state index contributed by atoms with van der Waals surface area (Å²) in [5, 5.41) is 2.40. The van der Waals surface area contributed by atoms with Gasteiger partial charge in [0.2, 0.25) is 10.0 Å². The Morgan fingerprint density at radius 2 is 1.74 bits per heavy atom. The summed E-state index contributed by atoms with van der Waals surface area (Å²) in [7, 11) is -2.28. The molecule has 0 fully saturated rings. The number of hydrogen-bond donors (Lipinski definition) is 1. The van der Waals surface area contributed by atoms with E-state index in [0.717, 1.165) is 5.56 Å². The molecular weight excluding hydrogens is 316 g/mol. The van der Waals surface area contributed by atoms with Gasteiger partial charge in [-0.1, -0.05) is 30.3 Å². The lowest BCUT2D eigenvalue weighted by Gasteiger charge is -2.17. The first kappa shape index (κ1) is 15.4. The van der Waals surface area contributed by atoms with Gasteiger partial charge in [0.1, 0.15) is 0 Å². The fourth-order valence-electron chi connectivity index (χ4n) is 2.39. The maximum atomic E-state index is 12.6. The Hall–Kier alpha value is -2.51. The van der Waals surface area contributed by atoms with Gasteiger partial charge < -0.3 is 5.32 Å². The second-order valence-corrected chi connectivity index (χ2v) is 7.28. The average molecular weight is 330 g/mol. The van der Waals surface area contributed by atoms with Gasteiger partial charge in [0.15, 0.2) is 0 Å². The molecule has 1 aliphatic rings. The molecule has 1 amide bonds. The Labute approximate surface area is 133 Å². The van der Waals surface area contributed by atoms with Gasteiger partial charge in [-0.15, -0.1) is 0 Å². The van der Waals surface area contributed by atoms with E-state index in [4.69, 9.17) is 0 Å². The van der Waals surface area contributed by atoms with Crippen molar-refractivity contribution in [2.24, 2.45) is 0 Å². The Morgan fingerprint density at radius 3 is 2.43 bits per heavy atom. The Balaban J connectivity index is 1.91. The lowest BCUT2D eigenvalue weighted by molar-refractivity contribution is -0.112. The van der Waals surface area contributed by atoms with Gasteiger partial charge in [0, 0.05) is 13.6 Å². The van der Waals surface area contributed by atoms with Crippen LogP contribution >= 0.6 is 0 Å². The van der Waals surface area contributed by atoms with Crippen LogP contribution in [0.3, 0.4) is 0 Å². The number of ketones is 1. The highest BCUT2D eigenvalue weighted by atomic mass is 32.2. The van der Waals surface area contributed by atoms with Crippen LogP contribution in [0.5, 0.6) is 0 Å². The first-order chi connectivity index (χ1) is 10.9. The molecule has 2 aromatic carbocycles. The molecule has 0 spiro atoms. The van der Waals surface area contributed by atoms with E-state index in [0.29, 0.717) is 5.69 Å². The molecule has 0 radical (unpaired) electrons. The zero-order valence-electron chi connectivity index (χ0n) is 12.3. The molecule has 1 N–H and O–H groups in total. The van der Waals surface area contributed by atoms with Crippen molar-refractivity contribution < 1.29 is 18.0 Å². The fraction of sp³-hybridized carbons (Fsp3) is 0.125. The number of carbonyl (C=O) groups is 2. The average Bonchev–Trinajstić information content (AvgIpc) is 2.82. The van der Waals surface area contributed by atoms with E-state index in [1.807, 2.05) is 30.3 Å². The highest BCUT2D eigenvalue weighted by Gasteiger charge is 2.30. The van der Waals surface area contributed by atoms with Crippen LogP contribution in [0, 0.1) is 0 Å². The van der Waals surface area contributed by atoms with Crippen molar-refractivity contribution in [1.29, 1.82) is 0 Å². The number of amides is 1. The van der Waals surface area contributed by atoms with E-state index in [1.54, 1.807) is 0 Å². The lowest BCUT2D eigenvalue weighted by Crippen LogP contribution is -2.26. The predicted octanol–water partition coefficient (Wildman–Crippen LogP) is 1.64. The van der Waals surface area contributed by atoms with E-state index in [2.05, 4.69) is 5.32 Å². The summed E-state index contributed by atoms with van der Waals surface area (Å²) >= 11 is 0. The standard InChI is InChI=1S/C16H14N2O4S/c1-18(10-11-5-3-2-4-6-11)23(21,22)12-7-8-14-13(9-12)15(19)16(20)17-14/h2-9H,10H2,1H3,(H,17,19,20). The van der Waals surface area contributed by atoms with Gasteiger partial charge in [-0.3, -0.25) is 9.59 Å². The number of anilines is 1. The van der Waals surface area contributed by atoms with Crippen LogP contribution in [0.2, 0.25) is 0 Å². The van der Waals surface area contributed by atoms with Gasteiger partial charge in [0.05, 0.1) is 16.1 Å². The van der Waals surface area contributed by atoms with E-state index < -0.39 is 21.7 Å². The molecular formula is C16H14N2O4S. The van der Waals surface area contributed by atoms with Gasteiger partial charge >= 0.3 is 0 Å². The largest absolute Gasteiger partial charge is 0.318 e. The van der Waals surface area contributed by atoms with Crippen LogP contribution in [-0.4, -0.2) is 31.5 Å². The Kier molecular flexibility index (Phi) is 3.75. The molecule has 3 rings (SSSR count). The zero-order chi connectivity index (χ0) is 16.6. The molecule has 6 nitrogen and oxygen atoms in total. The summed E-state index contributed by atoms with van der Waals surface area (Å²) in [4.78, 5) is 23.0. The molecule has 0 saturated carbocycles. The van der Waals surface area contributed by atoms with Gasteiger partial charge in [-0.25, -0.2) is 8.42 Å². The van der Waals surface area contributed by atoms with Crippen LogP contribution in [0.1, 0.15) is 15.9 Å². The van der Waals surface area contributed by atoms with Crippen LogP contribution < -0.4 is 5.32 Å². The third-order valence-corrected chi connectivity index (χ3v) is 5.45. The Bertz CT molecular complexity index is 892. The van der Waals surface area contributed by atoms with Crippen molar-refractivity contribution >= 4 is 27.4 Å². The number of carbonyl (C=O) groups excluding carboxylic acids is 2. The fourth-order valence-corrected chi connectivity index (χ4v) is 3.57. The highest BCUT2D eigenvalue weighted by Crippen LogP contribution is 2.27. The van der Waals surface area contributed by atoms with E-state index >= 15 is 0 Å². The monoisotopic (exact) mass is 330 g/mol. The molecule has 0 atom stereocenters. The minimum atomic E-state index is -3.76. The molecule has 0 unspecified atom stereocenters. The number of benzene rings is 2.